The van der Waals surface area contributed by atoms with Crippen LogP contribution in [0.25, 0.3) is 0 Å². The summed E-state index contributed by atoms with van der Waals surface area (Å²) in [6, 6.07) is 15.0. The van der Waals surface area contributed by atoms with Crippen molar-refractivity contribution < 1.29 is 22.5 Å². The van der Waals surface area contributed by atoms with Crippen LogP contribution in [-0.4, -0.2) is 47.3 Å². The van der Waals surface area contributed by atoms with Gasteiger partial charge in [-0.3, -0.25) is 14.5 Å². The Kier molecular flexibility index (Phi) is 5.21. The number of nitrogens with zero attached hydrogens (tertiary/aromatic N) is 3. The normalized spacial score (nSPS) is 14.8. The second-order valence-corrected chi connectivity index (χ2v) is 9.43. The number of hydrogen-bond acceptors (Lipinski definition) is 7. The van der Waals surface area contributed by atoms with Crippen molar-refractivity contribution in [1.29, 1.82) is 0 Å². The molecule has 0 saturated heterocycles. The molecule has 3 aromatic rings. The smallest absolute Gasteiger partial charge is 0.262 e. The van der Waals surface area contributed by atoms with Gasteiger partial charge in [-0.1, -0.05) is 47.6 Å². The molecule has 1 atom stereocenters. The topological polar surface area (TPSA) is 110 Å². The molecule has 0 aliphatic carbocycles. The maximum absolute atomic E-state index is 12.9. The predicted molar refractivity (Wildman–Crippen MR) is 108 cm³/mol. The van der Waals surface area contributed by atoms with Crippen LogP contribution in [0, 0.1) is 0 Å². The zero-order valence-corrected chi connectivity index (χ0v) is 17.0. The van der Waals surface area contributed by atoms with E-state index in [1.807, 2.05) is 30.3 Å². The zero-order chi connectivity index (χ0) is 21.3. The van der Waals surface area contributed by atoms with Crippen LogP contribution in [0.15, 0.2) is 59.1 Å². The van der Waals surface area contributed by atoms with Crippen molar-refractivity contribution in [2.45, 2.75) is 18.9 Å². The molecule has 1 aromatic heterocycles. The lowest BCUT2D eigenvalue weighted by molar-refractivity contribution is 0.0547. The third-order valence-corrected chi connectivity index (χ3v) is 5.85. The molecule has 0 fully saturated rings. The number of sulfone groups is 1. The lowest BCUT2D eigenvalue weighted by Crippen LogP contribution is -2.35. The van der Waals surface area contributed by atoms with Crippen molar-refractivity contribution >= 4 is 21.7 Å². The molecule has 2 heterocycles. The lowest BCUT2D eigenvalue weighted by atomic mass is 10.1. The van der Waals surface area contributed by atoms with Gasteiger partial charge in [-0.2, -0.15) is 4.98 Å². The first-order valence-corrected chi connectivity index (χ1v) is 11.4. The van der Waals surface area contributed by atoms with Gasteiger partial charge in [0.05, 0.1) is 16.9 Å². The van der Waals surface area contributed by atoms with E-state index in [0.717, 1.165) is 16.7 Å². The molecular weight excluding hydrogens is 406 g/mol. The van der Waals surface area contributed by atoms with Crippen LogP contribution < -0.4 is 0 Å². The number of rotatable bonds is 7. The quantitative estimate of drug-likeness (QED) is 0.535. The highest BCUT2D eigenvalue weighted by atomic mass is 32.2. The summed E-state index contributed by atoms with van der Waals surface area (Å²) >= 11 is 0. The van der Waals surface area contributed by atoms with E-state index < -0.39 is 27.7 Å². The van der Waals surface area contributed by atoms with Crippen LogP contribution in [0.5, 0.6) is 0 Å². The molecule has 154 valence electrons. The lowest BCUT2D eigenvalue weighted by Gasteiger charge is -2.22. The number of carbonyl (C=O) groups excluding carboxylic acids is 2. The number of carbonyl (C=O) groups is 2. The fraction of sp³-hybridized carbons (Fsp3) is 0.238. The summed E-state index contributed by atoms with van der Waals surface area (Å²) in [5.41, 5.74) is 1.52. The van der Waals surface area contributed by atoms with Gasteiger partial charge >= 0.3 is 0 Å². The van der Waals surface area contributed by atoms with Gasteiger partial charge < -0.3 is 4.52 Å². The third-order valence-electron chi connectivity index (χ3n) is 4.87. The molecule has 0 saturated carbocycles. The molecule has 30 heavy (non-hydrogen) atoms. The maximum atomic E-state index is 12.9. The minimum atomic E-state index is -3.34. The monoisotopic (exact) mass is 425 g/mol. The van der Waals surface area contributed by atoms with Gasteiger partial charge in [-0.15, -0.1) is 0 Å². The average molecular weight is 425 g/mol. The molecular formula is C21H19N3O5S. The maximum Gasteiger partial charge on any atom is 0.262 e. The van der Waals surface area contributed by atoms with E-state index in [-0.39, 0.29) is 29.2 Å². The minimum absolute atomic E-state index is 0.0305. The van der Waals surface area contributed by atoms with Crippen molar-refractivity contribution in [3.05, 3.63) is 83.0 Å². The summed E-state index contributed by atoms with van der Waals surface area (Å²) in [5, 5.41) is 3.96. The molecule has 0 unspecified atom stereocenters. The molecule has 4 rings (SSSR count). The fourth-order valence-electron chi connectivity index (χ4n) is 3.43. The number of hydrogen-bond donors (Lipinski definition) is 0. The number of fused-ring (bicyclic) bond motifs is 1. The van der Waals surface area contributed by atoms with Gasteiger partial charge in [0.25, 0.3) is 11.8 Å². The molecule has 1 aliphatic rings. The summed E-state index contributed by atoms with van der Waals surface area (Å²) in [6.45, 7) is 0. The van der Waals surface area contributed by atoms with Crippen molar-refractivity contribution in [3.63, 3.8) is 0 Å². The van der Waals surface area contributed by atoms with Gasteiger partial charge in [0.15, 0.2) is 5.82 Å². The van der Waals surface area contributed by atoms with Gasteiger partial charge in [0.1, 0.15) is 15.9 Å². The Bertz CT molecular complexity index is 1170. The van der Waals surface area contributed by atoms with Crippen molar-refractivity contribution in [1.82, 2.24) is 15.0 Å². The summed E-state index contributed by atoms with van der Waals surface area (Å²) in [4.78, 5) is 31.2. The van der Waals surface area contributed by atoms with E-state index in [4.69, 9.17) is 4.52 Å². The van der Waals surface area contributed by atoms with Crippen molar-refractivity contribution in [3.8, 4) is 0 Å². The molecule has 0 spiro atoms. The first kappa shape index (κ1) is 20.0. The standard InChI is InChI=1S/C21H19N3O5S/c1-30(27,28)12-11-17(24-20(25)15-9-5-6-10-16(15)21(24)26)19-22-18(23-29-19)13-14-7-3-2-4-8-14/h2-10,17H,11-13H2,1H3/t17-/m0/s1. The Balaban J connectivity index is 1.66. The summed E-state index contributed by atoms with van der Waals surface area (Å²) in [7, 11) is -3.34. The van der Waals surface area contributed by atoms with Gasteiger partial charge in [-0.05, 0) is 24.1 Å². The summed E-state index contributed by atoms with van der Waals surface area (Å²) < 4.78 is 28.9. The van der Waals surface area contributed by atoms with E-state index in [0.29, 0.717) is 12.2 Å². The predicted octanol–water partition coefficient (Wildman–Crippen LogP) is 2.43. The molecule has 0 radical (unpaired) electrons. The van der Waals surface area contributed by atoms with Crippen molar-refractivity contribution in [2.75, 3.05) is 12.0 Å². The second-order valence-electron chi connectivity index (χ2n) is 7.17. The molecule has 1 aliphatic heterocycles. The summed E-state index contributed by atoms with van der Waals surface area (Å²) in [6.07, 6.45) is 1.48. The zero-order valence-electron chi connectivity index (χ0n) is 16.2. The van der Waals surface area contributed by atoms with E-state index in [1.165, 1.54) is 0 Å². The van der Waals surface area contributed by atoms with Crippen LogP contribution in [-0.2, 0) is 16.3 Å². The Hall–Kier alpha value is -3.33. The third kappa shape index (κ3) is 4.02. The number of benzene rings is 2. The number of imide groups is 1. The van der Waals surface area contributed by atoms with Gasteiger partial charge in [0, 0.05) is 12.7 Å². The highest BCUT2D eigenvalue weighted by Gasteiger charge is 2.42. The van der Waals surface area contributed by atoms with E-state index in [2.05, 4.69) is 10.1 Å². The van der Waals surface area contributed by atoms with Crippen LogP contribution in [0.1, 0.15) is 50.5 Å². The minimum Gasteiger partial charge on any atom is -0.337 e. The molecule has 9 heteroatoms. The Labute approximate surface area is 173 Å². The Morgan fingerprint density at radius 3 is 2.17 bits per heavy atom. The number of amides is 2. The van der Waals surface area contributed by atoms with E-state index >= 15 is 0 Å². The van der Waals surface area contributed by atoms with Crippen LogP contribution in [0.2, 0.25) is 0 Å². The van der Waals surface area contributed by atoms with E-state index in [1.54, 1.807) is 24.3 Å². The highest BCUT2D eigenvalue weighted by Crippen LogP contribution is 2.33. The second kappa shape index (κ2) is 7.83. The molecule has 8 nitrogen and oxygen atoms in total. The van der Waals surface area contributed by atoms with Gasteiger partial charge in [-0.25, -0.2) is 8.42 Å². The van der Waals surface area contributed by atoms with Crippen molar-refractivity contribution in [2.24, 2.45) is 0 Å². The number of aromatic nitrogens is 2. The van der Waals surface area contributed by atoms with Crippen LogP contribution in [0.3, 0.4) is 0 Å². The SMILES string of the molecule is CS(=O)(=O)CC[C@@H](c1nc(Cc2ccccc2)no1)N1C(=O)c2ccccc2C1=O. The summed E-state index contributed by atoms with van der Waals surface area (Å²) in [5.74, 6) is -0.813. The molecule has 0 N–H and O–H groups in total. The van der Waals surface area contributed by atoms with Gasteiger partial charge in [0.2, 0.25) is 5.89 Å². The Morgan fingerprint density at radius 1 is 0.967 bits per heavy atom. The highest BCUT2D eigenvalue weighted by molar-refractivity contribution is 7.90. The first-order valence-electron chi connectivity index (χ1n) is 9.34. The first-order chi connectivity index (χ1) is 14.3. The fourth-order valence-corrected chi connectivity index (χ4v) is 4.08. The van der Waals surface area contributed by atoms with Crippen LogP contribution >= 0.6 is 0 Å². The van der Waals surface area contributed by atoms with Crippen LogP contribution in [0.4, 0.5) is 0 Å². The average Bonchev–Trinajstić information content (AvgIpc) is 3.27. The molecule has 0 bridgehead atoms. The molecule has 2 aromatic carbocycles. The molecule has 2 amide bonds. The van der Waals surface area contributed by atoms with E-state index in [9.17, 15) is 18.0 Å². The Morgan fingerprint density at radius 2 is 1.57 bits per heavy atom. The largest absolute Gasteiger partial charge is 0.337 e.